The molecular formula is C13H17N3O3S. The first-order valence-corrected chi connectivity index (χ1v) is 8.03. The zero-order valence-electron chi connectivity index (χ0n) is 11.2. The van der Waals surface area contributed by atoms with Gasteiger partial charge in [-0.3, -0.25) is 4.79 Å². The Balaban J connectivity index is 2.64. The molecule has 1 heterocycles. The first-order chi connectivity index (χ1) is 9.35. The number of aryl methyl sites for hydroxylation is 2. The number of hydrogen-bond acceptors (Lipinski definition) is 3. The quantitative estimate of drug-likeness (QED) is 0.604. The second-order valence-electron chi connectivity index (χ2n) is 4.73. The summed E-state index contributed by atoms with van der Waals surface area (Å²) in [5.74, 6) is -0.829. The molecule has 0 saturated carbocycles. The molecule has 1 aliphatic heterocycles. The Morgan fingerprint density at radius 1 is 1.35 bits per heavy atom. The zero-order chi connectivity index (χ0) is 14.9. The number of aliphatic imine (C=N–C) groups is 1. The molecule has 1 aromatic carbocycles. The number of guanidine groups is 1. The Kier molecular flexibility index (Phi) is 3.80. The van der Waals surface area contributed by atoms with Gasteiger partial charge in [-0.2, -0.15) is 4.99 Å². The number of carbonyl (C=O) groups is 1. The van der Waals surface area contributed by atoms with E-state index in [1.807, 2.05) is 6.92 Å². The van der Waals surface area contributed by atoms with Gasteiger partial charge in [0.25, 0.3) is 5.91 Å². The van der Waals surface area contributed by atoms with E-state index in [9.17, 15) is 13.2 Å². The van der Waals surface area contributed by atoms with Gasteiger partial charge >= 0.3 is 0 Å². The molecule has 0 spiro atoms. The molecule has 0 atom stereocenters. The van der Waals surface area contributed by atoms with Gasteiger partial charge in [0.2, 0.25) is 0 Å². The maximum Gasteiger partial charge on any atom is 0.280 e. The second kappa shape index (κ2) is 5.24. The standard InChI is InChI=1S/C13H17N3O3S/c1-2-8-6-9-4-3-5-20(18,19)11(9)7-10(8)12(17)16-13(14)15/h6-7H,2-5H2,1H3,(H4,14,15,16,17). The first-order valence-electron chi connectivity index (χ1n) is 6.37. The van der Waals surface area contributed by atoms with Crippen molar-refractivity contribution >= 4 is 21.7 Å². The van der Waals surface area contributed by atoms with Crippen LogP contribution in [0.1, 0.15) is 34.8 Å². The molecule has 0 aromatic heterocycles. The number of fused-ring (bicyclic) bond motifs is 1. The number of nitrogens with zero attached hydrogens (tertiary/aromatic N) is 1. The lowest BCUT2D eigenvalue weighted by Gasteiger charge is -2.18. The van der Waals surface area contributed by atoms with Crippen LogP contribution in [0.25, 0.3) is 0 Å². The molecular weight excluding hydrogens is 278 g/mol. The Morgan fingerprint density at radius 2 is 2.05 bits per heavy atom. The summed E-state index contributed by atoms with van der Waals surface area (Å²) in [7, 11) is -3.31. The average molecular weight is 295 g/mol. The second-order valence-corrected chi connectivity index (χ2v) is 6.81. The van der Waals surface area contributed by atoms with E-state index in [2.05, 4.69) is 4.99 Å². The van der Waals surface area contributed by atoms with Crippen molar-refractivity contribution in [1.29, 1.82) is 0 Å². The average Bonchev–Trinajstić information content (AvgIpc) is 2.36. The highest BCUT2D eigenvalue weighted by Crippen LogP contribution is 2.28. The fourth-order valence-corrected chi connectivity index (χ4v) is 3.99. The minimum atomic E-state index is -3.31. The molecule has 108 valence electrons. The summed E-state index contributed by atoms with van der Waals surface area (Å²) in [6.07, 6.45) is 1.92. The van der Waals surface area contributed by atoms with Gasteiger partial charge in [-0.25, -0.2) is 8.42 Å². The van der Waals surface area contributed by atoms with E-state index in [0.717, 1.165) is 11.1 Å². The molecule has 1 aliphatic rings. The summed E-state index contributed by atoms with van der Waals surface area (Å²) in [5.41, 5.74) is 12.2. The number of nitrogens with two attached hydrogens (primary N) is 2. The Hall–Kier alpha value is -1.89. The molecule has 4 N–H and O–H groups in total. The fraction of sp³-hybridized carbons (Fsp3) is 0.385. The maximum absolute atomic E-state index is 12.1. The molecule has 1 aromatic rings. The van der Waals surface area contributed by atoms with Crippen LogP contribution < -0.4 is 11.5 Å². The largest absolute Gasteiger partial charge is 0.370 e. The summed E-state index contributed by atoms with van der Waals surface area (Å²) in [4.78, 5) is 15.7. The zero-order valence-corrected chi connectivity index (χ0v) is 12.0. The molecule has 2 rings (SSSR count). The summed E-state index contributed by atoms with van der Waals surface area (Å²) < 4.78 is 24.1. The molecule has 0 bridgehead atoms. The number of amides is 1. The predicted molar refractivity (Wildman–Crippen MR) is 76.3 cm³/mol. The number of benzene rings is 1. The van der Waals surface area contributed by atoms with Crippen LogP contribution in [0.5, 0.6) is 0 Å². The third-order valence-corrected chi connectivity index (χ3v) is 5.20. The lowest BCUT2D eigenvalue weighted by Crippen LogP contribution is -2.25. The lowest BCUT2D eigenvalue weighted by molar-refractivity contribution is 0.100. The van der Waals surface area contributed by atoms with Crippen molar-refractivity contribution in [2.45, 2.75) is 31.1 Å². The Bertz CT molecular complexity index is 689. The van der Waals surface area contributed by atoms with Crippen LogP contribution in [-0.4, -0.2) is 26.0 Å². The van der Waals surface area contributed by atoms with Gasteiger partial charge in [0.05, 0.1) is 10.6 Å². The highest BCUT2D eigenvalue weighted by molar-refractivity contribution is 7.91. The van der Waals surface area contributed by atoms with Crippen molar-refractivity contribution in [3.8, 4) is 0 Å². The van der Waals surface area contributed by atoms with E-state index < -0.39 is 15.7 Å². The molecule has 0 radical (unpaired) electrons. The van der Waals surface area contributed by atoms with Crippen molar-refractivity contribution < 1.29 is 13.2 Å². The number of rotatable bonds is 2. The normalized spacial score (nSPS) is 16.2. The maximum atomic E-state index is 12.1. The molecule has 0 aliphatic carbocycles. The molecule has 0 unspecified atom stereocenters. The van der Waals surface area contributed by atoms with E-state index in [-0.39, 0.29) is 22.2 Å². The third-order valence-electron chi connectivity index (χ3n) is 3.32. The highest BCUT2D eigenvalue weighted by Gasteiger charge is 2.26. The summed E-state index contributed by atoms with van der Waals surface area (Å²) in [5, 5.41) is 0. The SMILES string of the molecule is CCc1cc2c(cc1C(=O)N=C(N)N)S(=O)(=O)CCC2. The van der Waals surface area contributed by atoms with E-state index in [4.69, 9.17) is 11.5 Å². The van der Waals surface area contributed by atoms with Crippen LogP contribution >= 0.6 is 0 Å². The monoisotopic (exact) mass is 295 g/mol. The van der Waals surface area contributed by atoms with Crippen LogP contribution in [0, 0.1) is 0 Å². The summed E-state index contributed by atoms with van der Waals surface area (Å²) >= 11 is 0. The minimum Gasteiger partial charge on any atom is -0.370 e. The van der Waals surface area contributed by atoms with Crippen molar-refractivity contribution in [3.63, 3.8) is 0 Å². The number of sulfone groups is 1. The van der Waals surface area contributed by atoms with Gasteiger partial charge in [-0.05, 0) is 36.5 Å². The van der Waals surface area contributed by atoms with Gasteiger partial charge < -0.3 is 11.5 Å². The van der Waals surface area contributed by atoms with Crippen LogP contribution in [0.3, 0.4) is 0 Å². The predicted octanol–water partition coefficient (Wildman–Crippen LogP) is 0.383. The number of carbonyl (C=O) groups excluding carboxylic acids is 1. The Labute approximate surface area is 117 Å². The topological polar surface area (TPSA) is 116 Å². The summed E-state index contributed by atoms with van der Waals surface area (Å²) in [6, 6.07) is 3.19. The van der Waals surface area contributed by atoms with Crippen molar-refractivity contribution in [1.82, 2.24) is 0 Å². The lowest BCUT2D eigenvalue weighted by atomic mass is 9.99. The molecule has 20 heavy (non-hydrogen) atoms. The van der Waals surface area contributed by atoms with E-state index in [1.165, 1.54) is 6.07 Å². The Morgan fingerprint density at radius 3 is 2.65 bits per heavy atom. The number of hydrogen-bond donors (Lipinski definition) is 2. The molecule has 6 nitrogen and oxygen atoms in total. The molecule has 0 saturated heterocycles. The third kappa shape index (κ3) is 2.67. The summed E-state index contributed by atoms with van der Waals surface area (Å²) in [6.45, 7) is 1.89. The van der Waals surface area contributed by atoms with Crippen molar-refractivity contribution in [3.05, 3.63) is 28.8 Å². The highest BCUT2D eigenvalue weighted by atomic mass is 32.2. The van der Waals surface area contributed by atoms with Gasteiger partial charge in [0.15, 0.2) is 15.8 Å². The van der Waals surface area contributed by atoms with Crippen molar-refractivity contribution in [2.24, 2.45) is 16.5 Å². The minimum absolute atomic E-state index is 0.112. The van der Waals surface area contributed by atoms with E-state index in [0.29, 0.717) is 19.3 Å². The van der Waals surface area contributed by atoms with Crippen LogP contribution in [0.2, 0.25) is 0 Å². The fourth-order valence-electron chi connectivity index (χ4n) is 2.39. The van der Waals surface area contributed by atoms with Gasteiger partial charge in [-0.1, -0.05) is 13.0 Å². The van der Waals surface area contributed by atoms with E-state index >= 15 is 0 Å². The smallest absolute Gasteiger partial charge is 0.280 e. The van der Waals surface area contributed by atoms with Gasteiger partial charge in [0.1, 0.15) is 0 Å². The molecule has 0 fully saturated rings. The first kappa shape index (κ1) is 14.5. The van der Waals surface area contributed by atoms with Crippen LogP contribution in [0.4, 0.5) is 0 Å². The van der Waals surface area contributed by atoms with E-state index in [1.54, 1.807) is 6.07 Å². The van der Waals surface area contributed by atoms with Gasteiger partial charge in [-0.15, -0.1) is 0 Å². The van der Waals surface area contributed by atoms with Gasteiger partial charge in [0, 0.05) is 5.56 Å². The molecule has 1 amide bonds. The van der Waals surface area contributed by atoms with Crippen LogP contribution in [-0.2, 0) is 22.7 Å². The molecule has 7 heteroatoms. The van der Waals surface area contributed by atoms with Crippen LogP contribution in [0.15, 0.2) is 22.0 Å². The van der Waals surface area contributed by atoms with Crippen molar-refractivity contribution in [2.75, 3.05) is 5.75 Å².